The Morgan fingerprint density at radius 1 is 1.21 bits per heavy atom. The predicted molar refractivity (Wildman–Crippen MR) is 65.1 cm³/mol. The summed E-state index contributed by atoms with van der Waals surface area (Å²) in [4.78, 5) is 45.6. The SMILES string of the molecule is CC(=O)CCOCCNC(=O)CN1C(=O)CCC1=O. The zero-order valence-corrected chi connectivity index (χ0v) is 10.9. The summed E-state index contributed by atoms with van der Waals surface area (Å²) in [6.45, 7) is 2.16. The van der Waals surface area contributed by atoms with E-state index in [1.165, 1.54) is 6.92 Å². The fraction of sp³-hybridized carbons (Fsp3) is 0.667. The van der Waals surface area contributed by atoms with E-state index in [-0.39, 0.29) is 43.5 Å². The van der Waals surface area contributed by atoms with E-state index in [4.69, 9.17) is 4.74 Å². The number of rotatable bonds is 8. The maximum absolute atomic E-state index is 11.5. The first-order chi connectivity index (χ1) is 9.00. The Morgan fingerprint density at radius 3 is 2.42 bits per heavy atom. The van der Waals surface area contributed by atoms with Crippen LogP contribution in [0.2, 0.25) is 0 Å². The minimum Gasteiger partial charge on any atom is -0.379 e. The number of amides is 3. The van der Waals surface area contributed by atoms with E-state index in [2.05, 4.69) is 5.32 Å². The van der Waals surface area contributed by atoms with Crippen molar-refractivity contribution in [2.24, 2.45) is 0 Å². The van der Waals surface area contributed by atoms with Crippen LogP contribution < -0.4 is 5.32 Å². The Labute approximate surface area is 111 Å². The van der Waals surface area contributed by atoms with Crippen molar-refractivity contribution in [1.82, 2.24) is 10.2 Å². The van der Waals surface area contributed by atoms with Gasteiger partial charge in [0.1, 0.15) is 12.3 Å². The third-order valence-electron chi connectivity index (χ3n) is 2.62. The lowest BCUT2D eigenvalue weighted by atomic mass is 10.3. The van der Waals surface area contributed by atoms with Gasteiger partial charge in [0.25, 0.3) is 0 Å². The van der Waals surface area contributed by atoms with E-state index in [1.54, 1.807) is 0 Å². The summed E-state index contributed by atoms with van der Waals surface area (Å²) in [6.07, 6.45) is 0.714. The quantitative estimate of drug-likeness (QED) is 0.462. The third kappa shape index (κ3) is 5.60. The number of ether oxygens (including phenoxy) is 1. The van der Waals surface area contributed by atoms with Gasteiger partial charge in [0, 0.05) is 25.8 Å². The van der Waals surface area contributed by atoms with Gasteiger partial charge in [-0.1, -0.05) is 0 Å². The number of Topliss-reactive ketones (excluding diaryl/α,β-unsaturated/α-hetero) is 1. The molecule has 106 valence electrons. The van der Waals surface area contributed by atoms with Crippen molar-refractivity contribution < 1.29 is 23.9 Å². The summed E-state index contributed by atoms with van der Waals surface area (Å²) in [6, 6.07) is 0. The Morgan fingerprint density at radius 2 is 1.84 bits per heavy atom. The van der Waals surface area contributed by atoms with Crippen molar-refractivity contribution >= 4 is 23.5 Å². The van der Waals surface area contributed by atoms with Crippen LogP contribution in [0.3, 0.4) is 0 Å². The molecule has 7 heteroatoms. The number of nitrogens with one attached hydrogen (secondary N) is 1. The first kappa shape index (κ1) is 15.3. The molecule has 0 spiro atoms. The molecule has 0 atom stereocenters. The molecule has 0 aliphatic carbocycles. The second-order valence-electron chi connectivity index (χ2n) is 4.29. The standard InChI is InChI=1S/C12H18N2O5/c1-9(15)4-6-19-7-5-13-10(16)8-14-11(17)2-3-12(14)18/h2-8H2,1H3,(H,13,16). The van der Waals surface area contributed by atoms with Gasteiger partial charge in [-0.15, -0.1) is 0 Å². The average Bonchev–Trinajstić information content (AvgIpc) is 2.65. The Balaban J connectivity index is 2.10. The van der Waals surface area contributed by atoms with Crippen molar-refractivity contribution in [3.8, 4) is 0 Å². The van der Waals surface area contributed by atoms with Gasteiger partial charge in [-0.25, -0.2) is 0 Å². The highest BCUT2D eigenvalue weighted by Gasteiger charge is 2.30. The lowest BCUT2D eigenvalue weighted by Gasteiger charge is -2.13. The smallest absolute Gasteiger partial charge is 0.240 e. The van der Waals surface area contributed by atoms with E-state index in [9.17, 15) is 19.2 Å². The monoisotopic (exact) mass is 270 g/mol. The highest BCUT2D eigenvalue weighted by atomic mass is 16.5. The summed E-state index contributed by atoms with van der Waals surface area (Å²) < 4.78 is 5.12. The summed E-state index contributed by atoms with van der Waals surface area (Å²) in [5.41, 5.74) is 0. The highest BCUT2D eigenvalue weighted by Crippen LogP contribution is 2.10. The van der Waals surface area contributed by atoms with Crippen LogP contribution in [0.5, 0.6) is 0 Å². The van der Waals surface area contributed by atoms with E-state index in [1.807, 2.05) is 0 Å². The van der Waals surface area contributed by atoms with Gasteiger partial charge < -0.3 is 10.1 Å². The molecule has 1 aliphatic heterocycles. The van der Waals surface area contributed by atoms with Gasteiger partial charge >= 0.3 is 0 Å². The van der Waals surface area contributed by atoms with Crippen LogP contribution in [-0.2, 0) is 23.9 Å². The largest absolute Gasteiger partial charge is 0.379 e. The van der Waals surface area contributed by atoms with Crippen LogP contribution in [-0.4, -0.2) is 54.7 Å². The molecule has 0 aromatic carbocycles. The van der Waals surface area contributed by atoms with Crippen molar-refractivity contribution in [2.45, 2.75) is 26.2 Å². The lowest BCUT2D eigenvalue weighted by Crippen LogP contribution is -2.40. The Bertz CT molecular complexity index is 364. The minimum atomic E-state index is -0.390. The number of carbonyl (C=O) groups excluding carboxylic acids is 4. The first-order valence-corrected chi connectivity index (χ1v) is 6.18. The lowest BCUT2D eigenvalue weighted by molar-refractivity contribution is -0.142. The number of hydrogen-bond acceptors (Lipinski definition) is 5. The first-order valence-electron chi connectivity index (χ1n) is 6.18. The maximum atomic E-state index is 11.5. The fourth-order valence-corrected chi connectivity index (χ4v) is 1.58. The molecule has 0 aromatic heterocycles. The van der Waals surface area contributed by atoms with Crippen LogP contribution in [0.1, 0.15) is 26.2 Å². The molecule has 19 heavy (non-hydrogen) atoms. The van der Waals surface area contributed by atoms with Gasteiger partial charge in [0.2, 0.25) is 17.7 Å². The second-order valence-corrected chi connectivity index (χ2v) is 4.29. The van der Waals surface area contributed by atoms with Gasteiger partial charge in [-0.2, -0.15) is 0 Å². The molecule has 0 saturated carbocycles. The molecule has 7 nitrogen and oxygen atoms in total. The highest BCUT2D eigenvalue weighted by molar-refractivity contribution is 6.04. The van der Waals surface area contributed by atoms with Crippen LogP contribution >= 0.6 is 0 Å². The maximum Gasteiger partial charge on any atom is 0.240 e. The summed E-state index contributed by atoms with van der Waals surface area (Å²) in [5, 5.41) is 2.54. The van der Waals surface area contributed by atoms with Gasteiger partial charge in [-0.05, 0) is 6.92 Å². The third-order valence-corrected chi connectivity index (χ3v) is 2.62. The molecule has 0 aromatic rings. The van der Waals surface area contributed by atoms with Gasteiger partial charge in [0.05, 0.1) is 13.2 Å². The number of nitrogens with zero attached hydrogens (tertiary/aromatic N) is 1. The van der Waals surface area contributed by atoms with E-state index < -0.39 is 5.91 Å². The van der Waals surface area contributed by atoms with Crippen molar-refractivity contribution in [1.29, 1.82) is 0 Å². The number of imide groups is 1. The number of likely N-dealkylation sites (tertiary alicyclic amines) is 1. The molecular formula is C12H18N2O5. The van der Waals surface area contributed by atoms with Crippen LogP contribution in [0.4, 0.5) is 0 Å². The number of ketones is 1. The van der Waals surface area contributed by atoms with Crippen LogP contribution in [0.25, 0.3) is 0 Å². The number of carbonyl (C=O) groups is 4. The van der Waals surface area contributed by atoms with Crippen LogP contribution in [0, 0.1) is 0 Å². The summed E-state index contributed by atoms with van der Waals surface area (Å²) in [5.74, 6) is -0.954. The fourth-order valence-electron chi connectivity index (χ4n) is 1.58. The van der Waals surface area contributed by atoms with E-state index >= 15 is 0 Å². The molecular weight excluding hydrogens is 252 g/mol. The minimum absolute atomic E-state index is 0.0510. The topological polar surface area (TPSA) is 92.8 Å². The molecule has 0 radical (unpaired) electrons. The Hall–Kier alpha value is -1.76. The normalized spacial score (nSPS) is 14.9. The predicted octanol–water partition coefficient (Wildman–Crippen LogP) is -0.753. The Kier molecular flexibility index (Phi) is 6.14. The summed E-state index contributed by atoms with van der Waals surface area (Å²) in [7, 11) is 0. The zero-order chi connectivity index (χ0) is 14.3. The second kappa shape index (κ2) is 7.63. The molecule has 1 heterocycles. The van der Waals surface area contributed by atoms with E-state index in [0.29, 0.717) is 19.6 Å². The van der Waals surface area contributed by atoms with Gasteiger partial charge in [0.15, 0.2) is 0 Å². The van der Waals surface area contributed by atoms with Crippen molar-refractivity contribution in [3.63, 3.8) is 0 Å². The molecule has 0 unspecified atom stereocenters. The molecule has 1 fully saturated rings. The summed E-state index contributed by atoms with van der Waals surface area (Å²) >= 11 is 0. The molecule has 1 rings (SSSR count). The van der Waals surface area contributed by atoms with E-state index in [0.717, 1.165) is 4.90 Å². The van der Waals surface area contributed by atoms with Crippen LogP contribution in [0.15, 0.2) is 0 Å². The van der Waals surface area contributed by atoms with Crippen molar-refractivity contribution in [3.05, 3.63) is 0 Å². The molecule has 1 N–H and O–H groups in total. The molecule has 1 aliphatic rings. The average molecular weight is 270 g/mol. The molecule has 0 bridgehead atoms. The molecule has 3 amide bonds. The zero-order valence-electron chi connectivity index (χ0n) is 10.9. The molecule has 1 saturated heterocycles. The van der Waals surface area contributed by atoms with Gasteiger partial charge in [-0.3, -0.25) is 24.1 Å². The number of hydrogen-bond donors (Lipinski definition) is 1. The van der Waals surface area contributed by atoms with Crippen molar-refractivity contribution in [2.75, 3.05) is 26.3 Å².